The zero-order chi connectivity index (χ0) is 14.5. The van der Waals surface area contributed by atoms with E-state index in [-0.39, 0.29) is 6.04 Å². The minimum absolute atomic E-state index is 0.266. The summed E-state index contributed by atoms with van der Waals surface area (Å²) in [5.74, 6) is 0. The summed E-state index contributed by atoms with van der Waals surface area (Å²) in [6.45, 7) is 5.33. The Morgan fingerprint density at radius 3 is 2.55 bits per heavy atom. The summed E-state index contributed by atoms with van der Waals surface area (Å²) in [5, 5.41) is 12.7. The standard InChI is InChI=1S/C15H25N5/c1-5-8-16-14(10-13-7-9-19(3)17-13)15-11-12(6-2)18-20(15)4/h7,9,11,14,16H,5-6,8,10H2,1-4H3. The molecule has 110 valence electrons. The second-order valence-corrected chi connectivity index (χ2v) is 5.23. The van der Waals surface area contributed by atoms with E-state index in [0.717, 1.165) is 37.2 Å². The van der Waals surface area contributed by atoms with Crippen LogP contribution in [-0.4, -0.2) is 26.1 Å². The first-order valence-electron chi connectivity index (χ1n) is 7.38. The van der Waals surface area contributed by atoms with E-state index < -0.39 is 0 Å². The average molecular weight is 275 g/mol. The first-order chi connectivity index (χ1) is 9.63. The zero-order valence-corrected chi connectivity index (χ0v) is 12.9. The summed E-state index contributed by atoms with van der Waals surface area (Å²) in [6, 6.07) is 4.55. The summed E-state index contributed by atoms with van der Waals surface area (Å²) in [6.07, 6.45) is 4.98. The number of nitrogens with one attached hydrogen (secondary N) is 1. The third-order valence-electron chi connectivity index (χ3n) is 3.51. The maximum atomic E-state index is 4.56. The van der Waals surface area contributed by atoms with Crippen molar-refractivity contribution in [1.29, 1.82) is 0 Å². The third-order valence-corrected chi connectivity index (χ3v) is 3.51. The normalized spacial score (nSPS) is 12.8. The van der Waals surface area contributed by atoms with Crippen molar-refractivity contribution in [1.82, 2.24) is 24.9 Å². The first-order valence-corrected chi connectivity index (χ1v) is 7.38. The molecule has 0 aromatic carbocycles. The Balaban J connectivity index is 2.19. The predicted molar refractivity (Wildman–Crippen MR) is 80.5 cm³/mol. The quantitative estimate of drug-likeness (QED) is 0.841. The summed E-state index contributed by atoms with van der Waals surface area (Å²) < 4.78 is 3.85. The van der Waals surface area contributed by atoms with Crippen molar-refractivity contribution in [2.75, 3.05) is 6.54 Å². The summed E-state index contributed by atoms with van der Waals surface area (Å²) in [4.78, 5) is 0. The molecule has 1 atom stereocenters. The smallest absolute Gasteiger partial charge is 0.0644 e. The fraction of sp³-hybridized carbons (Fsp3) is 0.600. The Labute approximate surface area is 121 Å². The molecule has 1 unspecified atom stereocenters. The Bertz CT molecular complexity index is 540. The zero-order valence-electron chi connectivity index (χ0n) is 12.9. The molecule has 2 heterocycles. The van der Waals surface area contributed by atoms with E-state index in [4.69, 9.17) is 0 Å². The van der Waals surface area contributed by atoms with Crippen molar-refractivity contribution in [3.05, 3.63) is 35.4 Å². The topological polar surface area (TPSA) is 47.7 Å². The van der Waals surface area contributed by atoms with Crippen molar-refractivity contribution in [3.63, 3.8) is 0 Å². The van der Waals surface area contributed by atoms with E-state index in [0.29, 0.717) is 0 Å². The van der Waals surface area contributed by atoms with E-state index in [2.05, 4.69) is 41.5 Å². The molecule has 0 fully saturated rings. The summed E-state index contributed by atoms with van der Waals surface area (Å²) in [7, 11) is 3.98. The molecule has 20 heavy (non-hydrogen) atoms. The van der Waals surface area contributed by atoms with Gasteiger partial charge in [-0.2, -0.15) is 10.2 Å². The van der Waals surface area contributed by atoms with Crippen molar-refractivity contribution in [3.8, 4) is 0 Å². The van der Waals surface area contributed by atoms with Crippen LogP contribution < -0.4 is 5.32 Å². The lowest BCUT2D eigenvalue weighted by atomic mass is 10.1. The molecule has 0 bridgehead atoms. The van der Waals surface area contributed by atoms with Gasteiger partial charge in [-0.25, -0.2) is 0 Å². The molecule has 0 radical (unpaired) electrons. The molecule has 0 amide bonds. The number of hydrogen-bond acceptors (Lipinski definition) is 3. The SMILES string of the molecule is CCCNC(Cc1ccn(C)n1)c1cc(CC)nn1C. The van der Waals surface area contributed by atoms with E-state index in [1.54, 1.807) is 0 Å². The number of rotatable bonds is 7. The van der Waals surface area contributed by atoms with E-state index in [1.165, 1.54) is 5.69 Å². The number of nitrogens with zero attached hydrogens (tertiary/aromatic N) is 4. The molecular weight excluding hydrogens is 250 g/mol. The lowest BCUT2D eigenvalue weighted by molar-refractivity contribution is 0.487. The highest BCUT2D eigenvalue weighted by Gasteiger charge is 2.17. The van der Waals surface area contributed by atoms with E-state index >= 15 is 0 Å². The van der Waals surface area contributed by atoms with Crippen LogP contribution in [0.15, 0.2) is 18.3 Å². The predicted octanol–water partition coefficient (Wildman–Crippen LogP) is 2.00. The molecule has 5 nitrogen and oxygen atoms in total. The average Bonchev–Trinajstić information content (AvgIpc) is 3.00. The second kappa shape index (κ2) is 6.70. The molecule has 1 N–H and O–H groups in total. The fourth-order valence-electron chi connectivity index (χ4n) is 2.42. The number of aryl methyl sites for hydroxylation is 3. The Morgan fingerprint density at radius 1 is 1.20 bits per heavy atom. The van der Waals surface area contributed by atoms with Gasteiger partial charge in [0.25, 0.3) is 0 Å². The van der Waals surface area contributed by atoms with Crippen LogP contribution in [-0.2, 0) is 26.9 Å². The molecule has 0 saturated carbocycles. The number of aromatic nitrogens is 4. The van der Waals surface area contributed by atoms with Gasteiger partial charge in [0.1, 0.15) is 0 Å². The minimum Gasteiger partial charge on any atom is -0.308 e. The van der Waals surface area contributed by atoms with Gasteiger partial charge < -0.3 is 5.32 Å². The lowest BCUT2D eigenvalue weighted by Gasteiger charge is -2.17. The van der Waals surface area contributed by atoms with Crippen LogP contribution in [0.3, 0.4) is 0 Å². The largest absolute Gasteiger partial charge is 0.308 e. The highest BCUT2D eigenvalue weighted by Crippen LogP contribution is 2.18. The minimum atomic E-state index is 0.266. The molecule has 0 aliphatic carbocycles. The number of hydrogen-bond donors (Lipinski definition) is 1. The molecule has 2 rings (SSSR count). The van der Waals surface area contributed by atoms with Gasteiger partial charge in [0.15, 0.2) is 0 Å². The third kappa shape index (κ3) is 3.48. The van der Waals surface area contributed by atoms with Crippen LogP contribution in [0.25, 0.3) is 0 Å². The first kappa shape index (κ1) is 14.8. The molecule has 2 aromatic rings. The van der Waals surface area contributed by atoms with Gasteiger partial charge in [0, 0.05) is 26.7 Å². The Morgan fingerprint density at radius 2 is 2.00 bits per heavy atom. The summed E-state index contributed by atoms with van der Waals surface area (Å²) in [5.41, 5.74) is 3.49. The van der Waals surface area contributed by atoms with Crippen LogP contribution in [0.1, 0.15) is 43.4 Å². The van der Waals surface area contributed by atoms with Gasteiger partial charge >= 0.3 is 0 Å². The van der Waals surface area contributed by atoms with Gasteiger partial charge in [0.05, 0.1) is 23.1 Å². The highest BCUT2D eigenvalue weighted by atomic mass is 15.3. The molecular formula is C15H25N5. The second-order valence-electron chi connectivity index (χ2n) is 5.23. The van der Waals surface area contributed by atoms with Crippen molar-refractivity contribution >= 4 is 0 Å². The van der Waals surface area contributed by atoms with Crippen LogP contribution in [0.2, 0.25) is 0 Å². The van der Waals surface area contributed by atoms with Gasteiger partial charge in [0.2, 0.25) is 0 Å². The molecule has 0 spiro atoms. The van der Waals surface area contributed by atoms with Gasteiger partial charge in [-0.1, -0.05) is 13.8 Å². The lowest BCUT2D eigenvalue weighted by Crippen LogP contribution is -2.26. The maximum Gasteiger partial charge on any atom is 0.0644 e. The van der Waals surface area contributed by atoms with Crippen molar-refractivity contribution < 1.29 is 0 Å². The Hall–Kier alpha value is -1.62. The fourth-order valence-corrected chi connectivity index (χ4v) is 2.42. The van der Waals surface area contributed by atoms with Crippen LogP contribution in [0.4, 0.5) is 0 Å². The molecule has 5 heteroatoms. The van der Waals surface area contributed by atoms with Crippen molar-refractivity contribution in [2.45, 2.75) is 39.2 Å². The van der Waals surface area contributed by atoms with Gasteiger partial charge in [-0.05, 0) is 31.5 Å². The van der Waals surface area contributed by atoms with E-state index in [9.17, 15) is 0 Å². The molecule has 2 aromatic heterocycles. The van der Waals surface area contributed by atoms with Crippen molar-refractivity contribution in [2.24, 2.45) is 14.1 Å². The molecule has 0 aliphatic rings. The van der Waals surface area contributed by atoms with Gasteiger partial charge in [-0.3, -0.25) is 9.36 Å². The summed E-state index contributed by atoms with van der Waals surface area (Å²) >= 11 is 0. The monoisotopic (exact) mass is 275 g/mol. The maximum absolute atomic E-state index is 4.56. The Kier molecular flexibility index (Phi) is 4.95. The van der Waals surface area contributed by atoms with E-state index in [1.807, 2.05) is 29.7 Å². The highest BCUT2D eigenvalue weighted by molar-refractivity contribution is 5.17. The molecule has 0 saturated heterocycles. The van der Waals surface area contributed by atoms with Crippen LogP contribution in [0.5, 0.6) is 0 Å². The van der Waals surface area contributed by atoms with Gasteiger partial charge in [-0.15, -0.1) is 0 Å². The van der Waals surface area contributed by atoms with Crippen LogP contribution in [0, 0.1) is 0 Å². The van der Waals surface area contributed by atoms with Crippen LogP contribution >= 0.6 is 0 Å². The molecule has 0 aliphatic heterocycles.